The molecule has 1 amide bonds. The molecule has 2 rings (SSSR count). The monoisotopic (exact) mass is 463 g/mol. The number of amides is 1. The third-order valence-electron chi connectivity index (χ3n) is 3.94. The molecule has 28 heavy (non-hydrogen) atoms. The van der Waals surface area contributed by atoms with Gasteiger partial charge in [0.25, 0.3) is 0 Å². The van der Waals surface area contributed by atoms with Gasteiger partial charge in [-0.3, -0.25) is 4.79 Å². The molecule has 1 N–H and O–H groups in total. The number of nitrogens with zero attached hydrogens (tertiary/aromatic N) is 2. The van der Waals surface area contributed by atoms with Crippen molar-refractivity contribution in [2.24, 2.45) is 0 Å². The normalized spacial score (nSPS) is 11.6. The Kier molecular flexibility index (Phi) is 7.22. The van der Waals surface area contributed by atoms with E-state index in [0.29, 0.717) is 5.69 Å². The van der Waals surface area contributed by atoms with Gasteiger partial charge in [0.2, 0.25) is 5.91 Å². The maximum absolute atomic E-state index is 12.9. The summed E-state index contributed by atoms with van der Waals surface area (Å²) in [6.45, 7) is 3.18. The van der Waals surface area contributed by atoms with E-state index in [1.807, 2.05) is 13.0 Å². The van der Waals surface area contributed by atoms with Gasteiger partial charge in [0, 0.05) is 14.1 Å². The number of nitrogens with one attached hydrogen (secondary N) is 1. The Morgan fingerprint density at radius 3 is 2.21 bits per heavy atom. The Balaban J connectivity index is 2.39. The van der Waals surface area contributed by atoms with Crippen molar-refractivity contribution in [3.63, 3.8) is 0 Å². The summed E-state index contributed by atoms with van der Waals surface area (Å²) in [5.41, 5.74) is 2.25. The van der Waals surface area contributed by atoms with Crippen molar-refractivity contribution in [1.82, 2.24) is 4.31 Å². The van der Waals surface area contributed by atoms with Crippen molar-refractivity contribution in [3.05, 3.63) is 56.5 Å². The first-order chi connectivity index (χ1) is 12.9. The summed E-state index contributed by atoms with van der Waals surface area (Å²) in [6, 6.07) is 8.20. The zero-order chi connectivity index (χ0) is 21.2. The second-order valence-corrected chi connectivity index (χ2v) is 9.67. The van der Waals surface area contributed by atoms with Crippen LogP contribution >= 0.6 is 34.8 Å². The van der Waals surface area contributed by atoms with E-state index < -0.39 is 22.7 Å². The summed E-state index contributed by atoms with van der Waals surface area (Å²) in [7, 11) is -1.11. The van der Waals surface area contributed by atoms with Crippen LogP contribution in [0.25, 0.3) is 0 Å². The smallest absolute Gasteiger partial charge is 0.304 e. The first-order valence-electron chi connectivity index (χ1n) is 8.15. The van der Waals surface area contributed by atoms with Crippen LogP contribution in [0.15, 0.2) is 30.3 Å². The van der Waals surface area contributed by atoms with E-state index in [1.54, 1.807) is 19.1 Å². The molecule has 0 heterocycles. The average Bonchev–Trinajstić information content (AvgIpc) is 2.59. The minimum atomic E-state index is -3.92. The zero-order valence-electron chi connectivity index (χ0n) is 15.8. The second-order valence-electron chi connectivity index (χ2n) is 6.38. The highest BCUT2D eigenvalue weighted by Crippen LogP contribution is 2.32. The molecule has 0 spiro atoms. The Morgan fingerprint density at radius 1 is 1.00 bits per heavy atom. The van der Waals surface area contributed by atoms with Crippen molar-refractivity contribution in [3.8, 4) is 0 Å². The van der Waals surface area contributed by atoms with Crippen LogP contribution in [0, 0.1) is 13.8 Å². The fourth-order valence-electron chi connectivity index (χ4n) is 2.41. The van der Waals surface area contributed by atoms with Crippen molar-refractivity contribution in [2.75, 3.05) is 30.3 Å². The summed E-state index contributed by atoms with van der Waals surface area (Å²) in [4.78, 5) is 12.6. The maximum atomic E-state index is 12.9. The van der Waals surface area contributed by atoms with Gasteiger partial charge in [-0.05, 0) is 43.2 Å². The van der Waals surface area contributed by atoms with Crippen molar-refractivity contribution < 1.29 is 13.2 Å². The van der Waals surface area contributed by atoms with Crippen LogP contribution in [-0.4, -0.2) is 39.3 Å². The van der Waals surface area contributed by atoms with Gasteiger partial charge in [0.05, 0.1) is 26.4 Å². The highest BCUT2D eigenvalue weighted by Gasteiger charge is 2.28. The molecule has 0 radical (unpaired) electrons. The predicted molar refractivity (Wildman–Crippen MR) is 116 cm³/mol. The van der Waals surface area contributed by atoms with Gasteiger partial charge in [0.15, 0.2) is 0 Å². The van der Waals surface area contributed by atoms with Gasteiger partial charge in [-0.25, -0.2) is 4.31 Å². The van der Waals surface area contributed by atoms with Crippen LogP contribution in [-0.2, 0) is 15.0 Å². The lowest BCUT2D eigenvalue weighted by Gasteiger charge is -2.28. The summed E-state index contributed by atoms with van der Waals surface area (Å²) in [5.74, 6) is -0.577. The SMILES string of the molecule is Cc1ccc(C)c(N(CC(=O)Nc2cc(Cl)c(Cl)cc2Cl)S(=O)(=O)N(C)C)c1. The number of carbonyl (C=O) groups is 1. The van der Waals surface area contributed by atoms with Crippen LogP contribution in [0.1, 0.15) is 11.1 Å². The van der Waals surface area contributed by atoms with Crippen LogP contribution in [0.4, 0.5) is 11.4 Å². The minimum absolute atomic E-state index is 0.191. The minimum Gasteiger partial charge on any atom is -0.323 e. The molecule has 2 aromatic rings. The van der Waals surface area contributed by atoms with E-state index in [4.69, 9.17) is 34.8 Å². The summed E-state index contributed by atoms with van der Waals surface area (Å²) in [5, 5.41) is 3.24. The molecule has 0 bridgehead atoms. The molecule has 0 saturated carbocycles. The van der Waals surface area contributed by atoms with E-state index in [1.165, 1.54) is 26.2 Å². The molecular weight excluding hydrogens is 445 g/mol. The quantitative estimate of drug-likeness (QED) is 0.639. The molecular formula is C18H20Cl3N3O3S. The number of rotatable bonds is 6. The molecule has 0 unspecified atom stereocenters. The first-order valence-corrected chi connectivity index (χ1v) is 10.7. The number of carbonyl (C=O) groups excluding carboxylic acids is 1. The number of hydrogen-bond acceptors (Lipinski definition) is 3. The van der Waals surface area contributed by atoms with Gasteiger partial charge in [0.1, 0.15) is 6.54 Å². The standard InChI is InChI=1S/C18H20Cl3N3O3S/c1-11-5-6-12(2)17(7-11)24(28(26,27)23(3)4)10-18(25)22-16-9-14(20)13(19)8-15(16)21/h5-9H,10H2,1-4H3,(H,22,25). The van der Waals surface area contributed by atoms with Gasteiger partial charge < -0.3 is 5.32 Å². The summed E-state index contributed by atoms with van der Waals surface area (Å²) < 4.78 is 27.8. The molecule has 0 atom stereocenters. The van der Waals surface area contributed by atoms with E-state index in [0.717, 1.165) is 19.7 Å². The molecule has 0 fully saturated rings. The largest absolute Gasteiger partial charge is 0.323 e. The Bertz CT molecular complexity index is 1010. The van der Waals surface area contributed by atoms with E-state index >= 15 is 0 Å². The van der Waals surface area contributed by atoms with Gasteiger partial charge in [-0.15, -0.1) is 0 Å². The number of hydrogen-bond donors (Lipinski definition) is 1. The van der Waals surface area contributed by atoms with Crippen LogP contribution in [0.5, 0.6) is 0 Å². The lowest BCUT2D eigenvalue weighted by molar-refractivity contribution is -0.114. The zero-order valence-corrected chi connectivity index (χ0v) is 18.8. The second kappa shape index (κ2) is 8.88. The first kappa shape index (κ1) is 22.8. The van der Waals surface area contributed by atoms with Crippen LogP contribution in [0.3, 0.4) is 0 Å². The third-order valence-corrected chi connectivity index (χ3v) is 6.79. The van der Waals surface area contributed by atoms with Gasteiger partial charge in [-0.2, -0.15) is 12.7 Å². The van der Waals surface area contributed by atoms with E-state index in [9.17, 15) is 13.2 Å². The molecule has 2 aromatic carbocycles. The fourth-order valence-corrected chi connectivity index (χ4v) is 4.13. The van der Waals surface area contributed by atoms with Crippen molar-refractivity contribution in [2.45, 2.75) is 13.8 Å². The molecule has 0 aliphatic heterocycles. The average molecular weight is 465 g/mol. The van der Waals surface area contributed by atoms with Crippen molar-refractivity contribution in [1.29, 1.82) is 0 Å². The highest BCUT2D eigenvalue weighted by atomic mass is 35.5. The van der Waals surface area contributed by atoms with Crippen LogP contribution in [0.2, 0.25) is 15.1 Å². The Hall–Kier alpha value is -1.51. The van der Waals surface area contributed by atoms with Crippen LogP contribution < -0.4 is 9.62 Å². The summed E-state index contributed by atoms with van der Waals surface area (Å²) >= 11 is 17.9. The molecule has 152 valence electrons. The van der Waals surface area contributed by atoms with Crippen molar-refractivity contribution >= 4 is 62.3 Å². The Morgan fingerprint density at radius 2 is 1.61 bits per heavy atom. The van der Waals surface area contributed by atoms with E-state index in [-0.39, 0.29) is 20.8 Å². The maximum Gasteiger partial charge on any atom is 0.304 e. The number of benzene rings is 2. The number of aryl methyl sites for hydroxylation is 2. The predicted octanol–water partition coefficient (Wildman–Crippen LogP) is 4.52. The lowest BCUT2D eigenvalue weighted by atomic mass is 10.1. The van der Waals surface area contributed by atoms with Gasteiger partial charge in [-0.1, -0.05) is 46.9 Å². The molecule has 0 aliphatic carbocycles. The third kappa shape index (κ3) is 5.10. The Labute approximate surface area is 180 Å². The fraction of sp³-hybridized carbons (Fsp3) is 0.278. The topological polar surface area (TPSA) is 69.7 Å². The molecule has 0 saturated heterocycles. The number of anilines is 2. The van der Waals surface area contributed by atoms with E-state index in [2.05, 4.69) is 5.32 Å². The molecule has 10 heteroatoms. The van der Waals surface area contributed by atoms with Gasteiger partial charge >= 0.3 is 10.2 Å². The molecule has 0 aliphatic rings. The lowest BCUT2D eigenvalue weighted by Crippen LogP contribution is -2.44. The molecule has 6 nitrogen and oxygen atoms in total. The molecule has 0 aromatic heterocycles. The highest BCUT2D eigenvalue weighted by molar-refractivity contribution is 7.90. The summed E-state index contributed by atoms with van der Waals surface area (Å²) in [6.07, 6.45) is 0. The number of halogens is 3.